The lowest BCUT2D eigenvalue weighted by molar-refractivity contribution is -0.0594. The van der Waals surface area contributed by atoms with Crippen LogP contribution in [-0.2, 0) is 4.74 Å². The van der Waals surface area contributed by atoms with Gasteiger partial charge < -0.3 is 10.1 Å². The molecule has 0 saturated carbocycles. The lowest BCUT2D eigenvalue weighted by Crippen LogP contribution is -2.53. The highest BCUT2D eigenvalue weighted by Gasteiger charge is 2.32. The van der Waals surface area contributed by atoms with Crippen molar-refractivity contribution < 1.29 is 4.74 Å². The van der Waals surface area contributed by atoms with Gasteiger partial charge in [0.05, 0.1) is 5.60 Å². The summed E-state index contributed by atoms with van der Waals surface area (Å²) in [7, 11) is 1.84. The Balaban J connectivity index is 2.39. The smallest absolute Gasteiger partial charge is 0.0777 e. The molecule has 2 unspecified atom stereocenters. The molecule has 1 heterocycles. The van der Waals surface area contributed by atoms with E-state index in [1.165, 1.54) is 32.2 Å². The maximum atomic E-state index is 5.66. The van der Waals surface area contributed by atoms with Gasteiger partial charge in [0.1, 0.15) is 0 Å². The summed E-state index contributed by atoms with van der Waals surface area (Å²) in [6, 6.07) is 1.27. The van der Waals surface area contributed by atoms with E-state index in [2.05, 4.69) is 37.9 Å². The number of hydrogen-bond acceptors (Lipinski definition) is 3. The predicted molar refractivity (Wildman–Crippen MR) is 78.1 cm³/mol. The zero-order valence-electron chi connectivity index (χ0n) is 13.0. The molecule has 0 aromatic rings. The van der Waals surface area contributed by atoms with Gasteiger partial charge in [0, 0.05) is 32.3 Å². The van der Waals surface area contributed by atoms with E-state index in [9.17, 15) is 0 Å². The summed E-state index contributed by atoms with van der Waals surface area (Å²) in [4.78, 5) is 2.57. The molecule has 1 rings (SSSR count). The molecule has 2 atom stereocenters. The minimum Gasteiger partial charge on any atom is -0.377 e. The first-order valence-electron chi connectivity index (χ1n) is 7.57. The molecule has 1 N–H and O–H groups in total. The van der Waals surface area contributed by atoms with E-state index in [0.717, 1.165) is 13.1 Å². The van der Waals surface area contributed by atoms with Gasteiger partial charge in [-0.2, -0.15) is 0 Å². The van der Waals surface area contributed by atoms with Gasteiger partial charge in [-0.05, 0) is 46.1 Å². The standard InChI is InChI=1S/C15H32N2O/c1-6-14(7-2)16-11-13(3)17-10-8-9-15(4,12-17)18-5/h13-14,16H,6-12H2,1-5H3. The second-order valence-electron chi connectivity index (χ2n) is 6.00. The molecule has 1 fully saturated rings. The fourth-order valence-electron chi connectivity index (χ4n) is 2.83. The van der Waals surface area contributed by atoms with Gasteiger partial charge in [0.25, 0.3) is 0 Å². The number of hydrogen-bond donors (Lipinski definition) is 1. The summed E-state index contributed by atoms with van der Waals surface area (Å²) < 4.78 is 5.66. The molecule has 3 heteroatoms. The Morgan fingerprint density at radius 3 is 2.56 bits per heavy atom. The number of nitrogens with zero attached hydrogens (tertiary/aromatic N) is 1. The van der Waals surface area contributed by atoms with Crippen LogP contribution in [0.3, 0.4) is 0 Å². The monoisotopic (exact) mass is 256 g/mol. The van der Waals surface area contributed by atoms with Crippen molar-refractivity contribution in [2.24, 2.45) is 0 Å². The van der Waals surface area contributed by atoms with Gasteiger partial charge in [0.2, 0.25) is 0 Å². The summed E-state index contributed by atoms with van der Waals surface area (Å²) in [6.07, 6.45) is 4.88. The van der Waals surface area contributed by atoms with Crippen LogP contribution < -0.4 is 5.32 Å². The highest BCUT2D eigenvalue weighted by molar-refractivity contribution is 4.87. The zero-order chi connectivity index (χ0) is 13.6. The average Bonchev–Trinajstić information content (AvgIpc) is 2.39. The lowest BCUT2D eigenvalue weighted by Gasteiger charge is -2.42. The Kier molecular flexibility index (Phi) is 6.61. The van der Waals surface area contributed by atoms with Gasteiger partial charge in [0.15, 0.2) is 0 Å². The van der Waals surface area contributed by atoms with Crippen LogP contribution in [0.1, 0.15) is 53.4 Å². The molecule has 0 spiro atoms. The molecule has 0 radical (unpaired) electrons. The van der Waals surface area contributed by atoms with E-state index in [1.807, 2.05) is 7.11 Å². The molecule has 1 aliphatic heterocycles. The summed E-state index contributed by atoms with van der Waals surface area (Å²) in [5.74, 6) is 0. The third kappa shape index (κ3) is 4.52. The molecule has 0 aromatic heterocycles. The van der Waals surface area contributed by atoms with Crippen molar-refractivity contribution in [3.8, 4) is 0 Å². The minimum atomic E-state index is 0.0570. The van der Waals surface area contributed by atoms with E-state index in [-0.39, 0.29) is 5.60 Å². The quantitative estimate of drug-likeness (QED) is 0.758. The van der Waals surface area contributed by atoms with Crippen molar-refractivity contribution in [3.05, 3.63) is 0 Å². The molecule has 0 aliphatic carbocycles. The Hall–Kier alpha value is -0.120. The van der Waals surface area contributed by atoms with Crippen molar-refractivity contribution in [3.63, 3.8) is 0 Å². The van der Waals surface area contributed by atoms with Crippen molar-refractivity contribution >= 4 is 0 Å². The van der Waals surface area contributed by atoms with Crippen molar-refractivity contribution in [1.29, 1.82) is 0 Å². The third-order valence-corrected chi connectivity index (χ3v) is 4.49. The van der Waals surface area contributed by atoms with Gasteiger partial charge in [-0.15, -0.1) is 0 Å². The lowest BCUT2D eigenvalue weighted by atomic mass is 9.93. The van der Waals surface area contributed by atoms with Crippen LogP contribution in [0, 0.1) is 0 Å². The molecular formula is C15H32N2O. The normalized spacial score (nSPS) is 27.7. The number of likely N-dealkylation sites (tertiary alicyclic amines) is 1. The first kappa shape index (κ1) is 15.9. The fraction of sp³-hybridized carbons (Fsp3) is 1.00. The average molecular weight is 256 g/mol. The Morgan fingerprint density at radius 2 is 2.00 bits per heavy atom. The second kappa shape index (κ2) is 7.46. The molecule has 1 aliphatic rings. The van der Waals surface area contributed by atoms with Crippen LogP contribution in [0.2, 0.25) is 0 Å². The topological polar surface area (TPSA) is 24.5 Å². The molecule has 18 heavy (non-hydrogen) atoms. The molecule has 1 saturated heterocycles. The van der Waals surface area contributed by atoms with E-state index in [4.69, 9.17) is 4.74 Å². The summed E-state index contributed by atoms with van der Waals surface area (Å²) in [6.45, 7) is 12.5. The Morgan fingerprint density at radius 1 is 1.33 bits per heavy atom. The van der Waals surface area contributed by atoms with Crippen molar-refractivity contribution in [2.45, 2.75) is 71.1 Å². The molecule has 0 amide bonds. The minimum absolute atomic E-state index is 0.0570. The molecular weight excluding hydrogens is 224 g/mol. The van der Waals surface area contributed by atoms with E-state index < -0.39 is 0 Å². The van der Waals surface area contributed by atoms with Crippen molar-refractivity contribution in [2.75, 3.05) is 26.7 Å². The second-order valence-corrected chi connectivity index (χ2v) is 6.00. The molecule has 0 aromatic carbocycles. The van der Waals surface area contributed by atoms with Crippen LogP contribution in [0.15, 0.2) is 0 Å². The van der Waals surface area contributed by atoms with Crippen LogP contribution in [0.5, 0.6) is 0 Å². The highest BCUT2D eigenvalue weighted by atomic mass is 16.5. The fourth-order valence-corrected chi connectivity index (χ4v) is 2.83. The van der Waals surface area contributed by atoms with Gasteiger partial charge in [-0.25, -0.2) is 0 Å². The van der Waals surface area contributed by atoms with Crippen LogP contribution >= 0.6 is 0 Å². The highest BCUT2D eigenvalue weighted by Crippen LogP contribution is 2.24. The van der Waals surface area contributed by atoms with Gasteiger partial charge in [-0.1, -0.05) is 13.8 Å². The number of nitrogens with one attached hydrogen (secondary N) is 1. The van der Waals surface area contributed by atoms with E-state index in [1.54, 1.807) is 0 Å². The van der Waals surface area contributed by atoms with Crippen molar-refractivity contribution in [1.82, 2.24) is 10.2 Å². The Bertz CT molecular complexity index is 231. The first-order chi connectivity index (χ1) is 8.54. The van der Waals surface area contributed by atoms with Gasteiger partial charge >= 0.3 is 0 Å². The zero-order valence-corrected chi connectivity index (χ0v) is 13.0. The number of methoxy groups -OCH3 is 1. The predicted octanol–water partition coefficient (Wildman–Crippen LogP) is 2.65. The molecule has 108 valence electrons. The number of rotatable bonds is 7. The summed E-state index contributed by atoms with van der Waals surface area (Å²) in [5.41, 5.74) is 0.0570. The van der Waals surface area contributed by atoms with E-state index in [0.29, 0.717) is 12.1 Å². The van der Waals surface area contributed by atoms with Crippen LogP contribution in [-0.4, -0.2) is 49.3 Å². The molecule has 3 nitrogen and oxygen atoms in total. The largest absolute Gasteiger partial charge is 0.377 e. The number of piperidine rings is 1. The number of ether oxygens (including phenoxy) is 1. The van der Waals surface area contributed by atoms with Gasteiger partial charge in [-0.3, -0.25) is 4.90 Å². The first-order valence-corrected chi connectivity index (χ1v) is 7.57. The van der Waals surface area contributed by atoms with Crippen LogP contribution in [0.25, 0.3) is 0 Å². The summed E-state index contributed by atoms with van der Waals surface area (Å²) >= 11 is 0. The Labute approximate surface area is 113 Å². The maximum absolute atomic E-state index is 5.66. The summed E-state index contributed by atoms with van der Waals surface area (Å²) in [5, 5.41) is 3.68. The third-order valence-electron chi connectivity index (χ3n) is 4.49. The van der Waals surface area contributed by atoms with E-state index >= 15 is 0 Å². The SMILES string of the molecule is CCC(CC)NCC(C)N1CCCC(C)(OC)C1. The molecule has 0 bridgehead atoms. The van der Waals surface area contributed by atoms with Crippen LogP contribution in [0.4, 0.5) is 0 Å². The maximum Gasteiger partial charge on any atom is 0.0777 e.